The normalized spacial score (nSPS) is 25.8. The number of hydrogen-bond donors (Lipinski definition) is 2. The molecular weight excluding hydrogens is 390 g/mol. The Hall–Kier alpha value is -1.20. The second kappa shape index (κ2) is 16.4. The van der Waals surface area contributed by atoms with Gasteiger partial charge in [-0.3, -0.25) is 9.59 Å². The molecule has 1 fully saturated rings. The van der Waals surface area contributed by atoms with Crippen molar-refractivity contribution in [3.8, 4) is 0 Å². The molecule has 0 radical (unpaired) electrons. The lowest BCUT2D eigenvalue weighted by Crippen LogP contribution is -2.45. The minimum Gasteiger partial charge on any atom is -0.456 e. The van der Waals surface area contributed by atoms with E-state index in [1.165, 1.54) is 0 Å². The molecule has 0 bridgehead atoms. The number of nitrogens with one attached hydrogen (secondary N) is 1. The largest absolute Gasteiger partial charge is 0.456 e. The molecule has 184 valence electrons. The van der Waals surface area contributed by atoms with Gasteiger partial charge in [0, 0.05) is 30.3 Å². The third-order valence-electron chi connectivity index (χ3n) is 5.72. The summed E-state index contributed by atoms with van der Waals surface area (Å²) in [5, 5.41) is 13.7. The predicted octanol–water partition coefficient (Wildman–Crippen LogP) is 5.99. The standard InChI is InChI=1S/C22H39NO4.2C2H6/c1-7-16(2)18-15-23-22(5,6)12-9-8-10-17(24)14-19(25)21(3,4)13-11-20(26)27-18;2*1-2/h7,17-18,23-24H,8-15H2,1-6H3;2*1-2H3/b16-7+;;. The number of Topliss-reactive ketones (excluding diaryl/α,β-unsaturated/α-hetero) is 1. The zero-order valence-electron chi connectivity index (χ0n) is 22.1. The first kappa shape index (κ1) is 32.0. The summed E-state index contributed by atoms with van der Waals surface area (Å²) < 4.78 is 5.72. The highest BCUT2D eigenvalue weighted by Gasteiger charge is 2.31. The minimum absolute atomic E-state index is 0.0121. The molecule has 0 spiro atoms. The van der Waals surface area contributed by atoms with E-state index < -0.39 is 11.5 Å². The smallest absolute Gasteiger partial charge is 0.306 e. The topological polar surface area (TPSA) is 75.6 Å². The Morgan fingerprint density at radius 1 is 1.06 bits per heavy atom. The summed E-state index contributed by atoms with van der Waals surface area (Å²) in [7, 11) is 0. The monoisotopic (exact) mass is 441 g/mol. The average molecular weight is 442 g/mol. The molecule has 0 aromatic rings. The molecule has 2 unspecified atom stereocenters. The lowest BCUT2D eigenvalue weighted by atomic mass is 9.80. The second-order valence-corrected chi connectivity index (χ2v) is 9.19. The van der Waals surface area contributed by atoms with Gasteiger partial charge < -0.3 is 15.2 Å². The Labute approximate surface area is 192 Å². The van der Waals surface area contributed by atoms with Gasteiger partial charge in [0.25, 0.3) is 0 Å². The van der Waals surface area contributed by atoms with Gasteiger partial charge >= 0.3 is 5.97 Å². The van der Waals surface area contributed by atoms with Gasteiger partial charge in [-0.1, -0.05) is 60.5 Å². The van der Waals surface area contributed by atoms with Gasteiger partial charge in [0.2, 0.25) is 0 Å². The highest BCUT2D eigenvalue weighted by molar-refractivity contribution is 5.85. The number of aliphatic hydroxyl groups excluding tert-OH is 1. The number of allylic oxidation sites excluding steroid dienone is 1. The van der Waals surface area contributed by atoms with Crippen LogP contribution in [-0.4, -0.2) is 41.2 Å². The number of aliphatic hydroxyl groups is 1. The molecule has 1 saturated heterocycles. The molecule has 0 aliphatic carbocycles. The van der Waals surface area contributed by atoms with E-state index in [1.807, 2.05) is 61.5 Å². The fraction of sp³-hybridized carbons (Fsp3) is 0.846. The Morgan fingerprint density at radius 2 is 1.65 bits per heavy atom. The molecule has 2 atom stereocenters. The molecule has 1 rings (SSSR count). The minimum atomic E-state index is -0.636. The van der Waals surface area contributed by atoms with Gasteiger partial charge in [-0.2, -0.15) is 0 Å². The predicted molar refractivity (Wildman–Crippen MR) is 131 cm³/mol. The van der Waals surface area contributed by atoms with Crippen molar-refractivity contribution in [3.05, 3.63) is 11.6 Å². The summed E-state index contributed by atoms with van der Waals surface area (Å²) in [5.74, 6) is -0.271. The molecule has 1 aliphatic rings. The molecule has 0 aromatic carbocycles. The van der Waals surface area contributed by atoms with Crippen LogP contribution in [0.5, 0.6) is 0 Å². The van der Waals surface area contributed by atoms with E-state index in [4.69, 9.17) is 4.74 Å². The SMILES string of the molecule is C/C=C(\C)C1CNC(C)(C)CCCCC(O)CC(=O)C(C)(C)CCC(=O)O1.CC.CC. The van der Waals surface area contributed by atoms with Crippen molar-refractivity contribution in [2.45, 2.75) is 132 Å². The highest BCUT2D eigenvalue weighted by Crippen LogP contribution is 2.27. The zero-order valence-corrected chi connectivity index (χ0v) is 22.1. The van der Waals surface area contributed by atoms with Crippen LogP contribution in [0.2, 0.25) is 0 Å². The first-order valence-electron chi connectivity index (χ1n) is 12.3. The van der Waals surface area contributed by atoms with Crippen LogP contribution in [0, 0.1) is 5.41 Å². The summed E-state index contributed by atoms with van der Waals surface area (Å²) in [4.78, 5) is 24.9. The van der Waals surface area contributed by atoms with Gasteiger partial charge in [-0.15, -0.1) is 0 Å². The van der Waals surface area contributed by atoms with Crippen molar-refractivity contribution < 1.29 is 19.4 Å². The third-order valence-corrected chi connectivity index (χ3v) is 5.72. The van der Waals surface area contributed by atoms with E-state index in [9.17, 15) is 14.7 Å². The lowest BCUT2D eigenvalue weighted by molar-refractivity contribution is -0.148. The molecule has 5 nitrogen and oxygen atoms in total. The molecular formula is C26H51NO4. The van der Waals surface area contributed by atoms with Crippen LogP contribution < -0.4 is 5.32 Å². The molecule has 31 heavy (non-hydrogen) atoms. The van der Waals surface area contributed by atoms with E-state index in [0.717, 1.165) is 24.8 Å². The molecule has 0 amide bonds. The quantitative estimate of drug-likeness (QED) is 0.386. The molecule has 0 saturated carbocycles. The summed E-state index contributed by atoms with van der Waals surface area (Å²) in [6, 6.07) is 0. The van der Waals surface area contributed by atoms with Crippen LogP contribution in [0.15, 0.2) is 11.6 Å². The van der Waals surface area contributed by atoms with Crippen molar-refractivity contribution in [1.29, 1.82) is 0 Å². The van der Waals surface area contributed by atoms with E-state index in [2.05, 4.69) is 19.2 Å². The maximum Gasteiger partial charge on any atom is 0.306 e. The van der Waals surface area contributed by atoms with Crippen LogP contribution in [0.3, 0.4) is 0 Å². The fourth-order valence-corrected chi connectivity index (χ4v) is 3.25. The zero-order chi connectivity index (χ0) is 24.7. The maximum absolute atomic E-state index is 12.5. The number of cyclic esters (lactones) is 1. The van der Waals surface area contributed by atoms with Gasteiger partial charge in [0.15, 0.2) is 0 Å². The van der Waals surface area contributed by atoms with E-state index in [-0.39, 0.29) is 36.2 Å². The summed E-state index contributed by atoms with van der Waals surface area (Å²) >= 11 is 0. The average Bonchev–Trinajstić information content (AvgIpc) is 2.74. The second-order valence-electron chi connectivity index (χ2n) is 9.19. The highest BCUT2D eigenvalue weighted by atomic mass is 16.5. The Balaban J connectivity index is 0. The van der Waals surface area contributed by atoms with Crippen LogP contribution in [0.25, 0.3) is 0 Å². The summed E-state index contributed by atoms with van der Waals surface area (Å²) in [6.45, 7) is 20.5. The number of carbonyl (C=O) groups is 2. The number of ether oxygens (including phenoxy) is 1. The van der Waals surface area contributed by atoms with E-state index >= 15 is 0 Å². The number of hydrogen-bond acceptors (Lipinski definition) is 5. The molecule has 1 heterocycles. The van der Waals surface area contributed by atoms with Gasteiger partial charge in [-0.05, 0) is 52.5 Å². The van der Waals surface area contributed by atoms with Crippen molar-refractivity contribution in [3.63, 3.8) is 0 Å². The first-order chi connectivity index (χ1) is 14.5. The fourth-order valence-electron chi connectivity index (χ4n) is 3.25. The Morgan fingerprint density at radius 3 is 2.19 bits per heavy atom. The molecule has 2 N–H and O–H groups in total. The summed E-state index contributed by atoms with van der Waals surface area (Å²) in [5.41, 5.74) is 0.298. The summed E-state index contributed by atoms with van der Waals surface area (Å²) in [6.07, 6.45) is 5.32. The molecule has 5 heteroatoms. The lowest BCUT2D eigenvalue weighted by Gasteiger charge is -2.30. The van der Waals surface area contributed by atoms with Crippen molar-refractivity contribution >= 4 is 11.8 Å². The Bertz CT molecular complexity index is 538. The molecule has 0 aromatic heterocycles. The van der Waals surface area contributed by atoms with Crippen LogP contribution >= 0.6 is 0 Å². The van der Waals surface area contributed by atoms with Gasteiger partial charge in [0.05, 0.1) is 6.10 Å². The Kier molecular flexibility index (Phi) is 17.0. The number of ketones is 1. The van der Waals surface area contributed by atoms with E-state index in [1.54, 1.807) is 0 Å². The van der Waals surface area contributed by atoms with Crippen molar-refractivity contribution in [1.82, 2.24) is 5.32 Å². The number of carbonyl (C=O) groups excluding carboxylic acids is 2. The van der Waals surface area contributed by atoms with Gasteiger partial charge in [-0.25, -0.2) is 0 Å². The molecule has 1 aliphatic heterocycles. The van der Waals surface area contributed by atoms with Crippen LogP contribution in [0.4, 0.5) is 0 Å². The van der Waals surface area contributed by atoms with E-state index in [0.29, 0.717) is 19.4 Å². The van der Waals surface area contributed by atoms with Crippen LogP contribution in [0.1, 0.15) is 114 Å². The van der Waals surface area contributed by atoms with Crippen molar-refractivity contribution in [2.24, 2.45) is 5.41 Å². The van der Waals surface area contributed by atoms with Crippen LogP contribution in [-0.2, 0) is 14.3 Å². The van der Waals surface area contributed by atoms with Crippen molar-refractivity contribution in [2.75, 3.05) is 6.54 Å². The number of esters is 1. The maximum atomic E-state index is 12.5. The third kappa shape index (κ3) is 13.7. The first-order valence-corrected chi connectivity index (χ1v) is 12.3. The van der Waals surface area contributed by atoms with Gasteiger partial charge in [0.1, 0.15) is 11.9 Å². The number of rotatable bonds is 1.